The fraction of sp³-hybridized carbons (Fsp3) is 0.778. The molecule has 0 spiro atoms. The summed E-state index contributed by atoms with van der Waals surface area (Å²) in [5, 5.41) is 0. The van der Waals surface area contributed by atoms with E-state index in [1.54, 1.807) is 12.7 Å². The lowest BCUT2D eigenvalue weighted by Gasteiger charge is -2.11. The van der Waals surface area contributed by atoms with Crippen molar-refractivity contribution in [2.45, 2.75) is 32.1 Å². The third kappa shape index (κ3) is 3.54. The molecule has 2 heteroatoms. The number of allylic oxidation sites excluding steroid dienone is 1. The van der Waals surface area contributed by atoms with E-state index in [9.17, 15) is 0 Å². The van der Waals surface area contributed by atoms with Crippen molar-refractivity contribution in [3.05, 3.63) is 11.6 Å². The Labute approximate surface area is 68.6 Å². The molecule has 0 aromatic carbocycles. The van der Waals surface area contributed by atoms with Gasteiger partial charge in [-0.3, -0.25) is 0 Å². The van der Waals surface area contributed by atoms with Crippen molar-refractivity contribution in [3.8, 4) is 0 Å². The van der Waals surface area contributed by atoms with Crippen molar-refractivity contribution < 1.29 is 4.84 Å². The molecule has 0 aliphatic heterocycles. The summed E-state index contributed by atoms with van der Waals surface area (Å²) in [6.07, 6.45) is 8.85. The standard InChI is InChI=1S/C9H17NO/c1-11-10-8-7-9-5-3-2-4-6-9/h5,10H,2-4,6-8H2,1H3. The topological polar surface area (TPSA) is 21.3 Å². The second-order valence-electron chi connectivity index (χ2n) is 2.96. The summed E-state index contributed by atoms with van der Waals surface area (Å²) in [5.41, 5.74) is 4.45. The van der Waals surface area contributed by atoms with E-state index in [4.69, 9.17) is 4.84 Å². The molecule has 1 rings (SSSR count). The zero-order valence-electron chi connectivity index (χ0n) is 7.23. The summed E-state index contributed by atoms with van der Waals surface area (Å²) in [4.78, 5) is 4.76. The van der Waals surface area contributed by atoms with Gasteiger partial charge in [0.2, 0.25) is 0 Å². The molecule has 11 heavy (non-hydrogen) atoms. The minimum atomic E-state index is 0.947. The van der Waals surface area contributed by atoms with Gasteiger partial charge in [-0.05, 0) is 32.1 Å². The van der Waals surface area contributed by atoms with Crippen molar-refractivity contribution >= 4 is 0 Å². The molecule has 0 saturated heterocycles. The van der Waals surface area contributed by atoms with Crippen molar-refractivity contribution in [2.24, 2.45) is 0 Å². The van der Waals surface area contributed by atoms with E-state index in [1.165, 1.54) is 25.7 Å². The van der Waals surface area contributed by atoms with Gasteiger partial charge in [0.25, 0.3) is 0 Å². The van der Waals surface area contributed by atoms with Gasteiger partial charge in [-0.15, -0.1) is 0 Å². The molecule has 1 aliphatic carbocycles. The molecule has 2 nitrogen and oxygen atoms in total. The first-order chi connectivity index (χ1) is 5.43. The largest absolute Gasteiger partial charge is 0.305 e. The van der Waals surface area contributed by atoms with Crippen LogP contribution in [0.15, 0.2) is 11.6 Å². The lowest BCUT2D eigenvalue weighted by Crippen LogP contribution is -2.13. The van der Waals surface area contributed by atoms with Crippen LogP contribution in [0.25, 0.3) is 0 Å². The highest BCUT2D eigenvalue weighted by molar-refractivity contribution is 5.04. The summed E-state index contributed by atoms with van der Waals surface area (Å²) >= 11 is 0. The van der Waals surface area contributed by atoms with E-state index in [0.29, 0.717) is 0 Å². The molecule has 0 aromatic rings. The predicted molar refractivity (Wildman–Crippen MR) is 46.2 cm³/mol. The molecule has 0 saturated carbocycles. The highest BCUT2D eigenvalue weighted by Gasteiger charge is 2.01. The van der Waals surface area contributed by atoms with Gasteiger partial charge < -0.3 is 4.84 Å². The Morgan fingerprint density at radius 1 is 1.55 bits per heavy atom. The van der Waals surface area contributed by atoms with Crippen LogP contribution in [0.2, 0.25) is 0 Å². The minimum absolute atomic E-state index is 0.947. The summed E-state index contributed by atoms with van der Waals surface area (Å²) in [5.74, 6) is 0. The van der Waals surface area contributed by atoms with Crippen LogP contribution in [-0.2, 0) is 4.84 Å². The number of hydrogen-bond donors (Lipinski definition) is 1. The Hall–Kier alpha value is -0.340. The molecule has 0 radical (unpaired) electrons. The van der Waals surface area contributed by atoms with E-state index in [1.807, 2.05) is 0 Å². The van der Waals surface area contributed by atoms with Gasteiger partial charge in [0.15, 0.2) is 0 Å². The van der Waals surface area contributed by atoms with Gasteiger partial charge in [-0.1, -0.05) is 11.6 Å². The monoisotopic (exact) mass is 155 g/mol. The molecule has 64 valence electrons. The van der Waals surface area contributed by atoms with Crippen LogP contribution >= 0.6 is 0 Å². The average Bonchev–Trinajstić information content (AvgIpc) is 2.07. The Morgan fingerprint density at radius 2 is 2.45 bits per heavy atom. The molecule has 0 atom stereocenters. The van der Waals surface area contributed by atoms with Crippen LogP contribution in [0, 0.1) is 0 Å². The Bertz CT molecular complexity index is 132. The van der Waals surface area contributed by atoms with E-state index in [-0.39, 0.29) is 0 Å². The van der Waals surface area contributed by atoms with Gasteiger partial charge in [-0.25, -0.2) is 5.48 Å². The van der Waals surface area contributed by atoms with Crippen LogP contribution in [0.5, 0.6) is 0 Å². The quantitative estimate of drug-likeness (QED) is 0.381. The van der Waals surface area contributed by atoms with Crippen LogP contribution < -0.4 is 5.48 Å². The van der Waals surface area contributed by atoms with Gasteiger partial charge in [-0.2, -0.15) is 0 Å². The zero-order valence-corrected chi connectivity index (χ0v) is 7.23. The summed E-state index contributed by atoms with van der Waals surface area (Å²) < 4.78 is 0. The zero-order chi connectivity index (χ0) is 7.94. The van der Waals surface area contributed by atoms with Gasteiger partial charge in [0.05, 0.1) is 7.11 Å². The summed E-state index contributed by atoms with van der Waals surface area (Å²) in [7, 11) is 1.66. The van der Waals surface area contributed by atoms with Crippen molar-refractivity contribution in [3.63, 3.8) is 0 Å². The lowest BCUT2D eigenvalue weighted by atomic mass is 9.97. The van der Waals surface area contributed by atoms with Crippen LogP contribution in [0.1, 0.15) is 32.1 Å². The molecule has 0 fully saturated rings. The molecule has 0 aromatic heterocycles. The Balaban J connectivity index is 2.09. The van der Waals surface area contributed by atoms with E-state index >= 15 is 0 Å². The normalized spacial score (nSPS) is 18.1. The van der Waals surface area contributed by atoms with E-state index < -0.39 is 0 Å². The maximum Gasteiger partial charge on any atom is 0.0572 e. The summed E-state index contributed by atoms with van der Waals surface area (Å²) in [6.45, 7) is 0.947. The van der Waals surface area contributed by atoms with Crippen molar-refractivity contribution in [2.75, 3.05) is 13.7 Å². The van der Waals surface area contributed by atoms with E-state index in [0.717, 1.165) is 13.0 Å². The third-order valence-electron chi connectivity index (χ3n) is 2.08. The first kappa shape index (κ1) is 8.75. The fourth-order valence-electron chi connectivity index (χ4n) is 1.45. The maximum absolute atomic E-state index is 4.76. The molecule has 1 aliphatic rings. The lowest BCUT2D eigenvalue weighted by molar-refractivity contribution is 0.0925. The molecule has 0 amide bonds. The minimum Gasteiger partial charge on any atom is -0.305 e. The molecule has 0 unspecified atom stereocenters. The number of rotatable bonds is 4. The van der Waals surface area contributed by atoms with Gasteiger partial charge >= 0.3 is 0 Å². The second-order valence-corrected chi connectivity index (χ2v) is 2.96. The highest BCUT2D eigenvalue weighted by atomic mass is 16.6. The SMILES string of the molecule is CONCCC1=CCCCC1. The molecular formula is C9H17NO. The van der Waals surface area contributed by atoms with E-state index in [2.05, 4.69) is 11.6 Å². The predicted octanol–water partition coefficient (Wildman–Crippen LogP) is 2.03. The highest BCUT2D eigenvalue weighted by Crippen LogP contribution is 2.19. The number of hydrogen-bond acceptors (Lipinski definition) is 2. The number of nitrogens with one attached hydrogen (secondary N) is 1. The van der Waals surface area contributed by atoms with Crippen LogP contribution in [-0.4, -0.2) is 13.7 Å². The van der Waals surface area contributed by atoms with Crippen LogP contribution in [0.3, 0.4) is 0 Å². The summed E-state index contributed by atoms with van der Waals surface area (Å²) in [6, 6.07) is 0. The molecule has 0 bridgehead atoms. The molecular weight excluding hydrogens is 138 g/mol. The first-order valence-corrected chi connectivity index (χ1v) is 4.37. The fourth-order valence-corrected chi connectivity index (χ4v) is 1.45. The Kier molecular flexibility index (Phi) is 4.24. The van der Waals surface area contributed by atoms with Gasteiger partial charge in [0, 0.05) is 6.54 Å². The first-order valence-electron chi connectivity index (χ1n) is 4.37. The second kappa shape index (κ2) is 5.33. The molecule has 0 heterocycles. The maximum atomic E-state index is 4.76. The third-order valence-corrected chi connectivity index (χ3v) is 2.08. The van der Waals surface area contributed by atoms with Gasteiger partial charge in [0.1, 0.15) is 0 Å². The molecule has 1 N–H and O–H groups in total. The van der Waals surface area contributed by atoms with Crippen molar-refractivity contribution in [1.82, 2.24) is 5.48 Å². The number of hydroxylamine groups is 1. The van der Waals surface area contributed by atoms with Crippen molar-refractivity contribution in [1.29, 1.82) is 0 Å². The average molecular weight is 155 g/mol. The van der Waals surface area contributed by atoms with Crippen LogP contribution in [0.4, 0.5) is 0 Å². The smallest absolute Gasteiger partial charge is 0.0572 e. The Morgan fingerprint density at radius 3 is 3.09 bits per heavy atom.